The maximum atomic E-state index is 5.70. The summed E-state index contributed by atoms with van der Waals surface area (Å²) >= 11 is 0. The molecule has 13 aromatic carbocycles. The van der Waals surface area contributed by atoms with Gasteiger partial charge in [0.25, 0.3) is 0 Å². The van der Waals surface area contributed by atoms with Crippen LogP contribution in [0, 0.1) is 0 Å². The van der Waals surface area contributed by atoms with Crippen molar-refractivity contribution in [1.29, 1.82) is 0 Å². The molecule has 0 N–H and O–H groups in total. The predicted molar refractivity (Wildman–Crippen MR) is 310 cm³/mol. The molecule has 0 atom stereocenters. The Bertz CT molecular complexity index is 4900. The van der Waals surface area contributed by atoms with Gasteiger partial charge in [-0.05, 0) is 140 Å². The van der Waals surface area contributed by atoms with E-state index in [2.05, 4.69) is 228 Å². The van der Waals surface area contributed by atoms with Gasteiger partial charge in [-0.15, -0.1) is 0 Å². The zero-order chi connectivity index (χ0) is 48.4. The van der Waals surface area contributed by atoms with Gasteiger partial charge in [-0.25, -0.2) is 9.97 Å². The molecule has 340 valence electrons. The third-order valence-corrected chi connectivity index (χ3v) is 15.7. The summed E-state index contributed by atoms with van der Waals surface area (Å²) in [5, 5.41) is 18.2. The lowest BCUT2D eigenvalue weighted by atomic mass is 9.86. The van der Waals surface area contributed by atoms with Gasteiger partial charge in [0.2, 0.25) is 0 Å². The summed E-state index contributed by atoms with van der Waals surface area (Å²) in [5.74, 6) is 0.664. The monoisotopic (exact) mass is 936 g/mol. The quantitative estimate of drug-likeness (QED) is 0.156. The second-order valence-corrected chi connectivity index (χ2v) is 19.7. The van der Waals surface area contributed by atoms with Crippen molar-refractivity contribution >= 4 is 97.3 Å². The Kier molecular flexibility index (Phi) is 8.71. The van der Waals surface area contributed by atoms with Gasteiger partial charge in [-0.1, -0.05) is 194 Å². The Morgan fingerprint density at radius 1 is 0.243 bits per heavy atom. The molecule has 3 aromatic heterocycles. The Morgan fingerprint density at radius 2 is 0.689 bits per heavy atom. The van der Waals surface area contributed by atoms with Crippen molar-refractivity contribution in [2.45, 2.75) is 0 Å². The Hall–Kier alpha value is -9.90. The Morgan fingerprint density at radius 3 is 1.26 bits per heavy atom. The zero-order valence-corrected chi connectivity index (χ0v) is 39.9. The van der Waals surface area contributed by atoms with Crippen molar-refractivity contribution < 1.29 is 0 Å². The smallest absolute Gasteiger partial charge is 0.160 e. The van der Waals surface area contributed by atoms with Gasteiger partial charge in [0.15, 0.2) is 5.82 Å². The third kappa shape index (κ3) is 6.15. The van der Waals surface area contributed by atoms with E-state index in [0.717, 1.165) is 88.5 Å². The summed E-state index contributed by atoms with van der Waals surface area (Å²) in [5.41, 5.74) is 14.7. The van der Waals surface area contributed by atoms with Gasteiger partial charge in [-0.3, -0.25) is 9.97 Å². The SMILES string of the molecule is c1cc2ccc3ccc(-c4cc(-c5ccc6ccc7cccc8ccc5c6c78)c5nc(-c6ccc(-c7ccnc8ccccc78)cc6)nc(-c6ccc(-c7ccnc8ccccc78)cc6)c5c4)c4ccc(c1)c2c34. The van der Waals surface area contributed by atoms with Gasteiger partial charge < -0.3 is 0 Å². The molecule has 0 amide bonds. The minimum Gasteiger partial charge on any atom is -0.256 e. The summed E-state index contributed by atoms with van der Waals surface area (Å²) in [6.07, 6.45) is 3.79. The highest BCUT2D eigenvalue weighted by atomic mass is 14.9. The number of aromatic nitrogens is 4. The largest absolute Gasteiger partial charge is 0.256 e. The van der Waals surface area contributed by atoms with Crippen LogP contribution in [-0.2, 0) is 0 Å². The highest BCUT2D eigenvalue weighted by Crippen LogP contribution is 2.47. The minimum atomic E-state index is 0.664. The van der Waals surface area contributed by atoms with Crippen LogP contribution in [0.25, 0.3) is 164 Å². The zero-order valence-electron chi connectivity index (χ0n) is 39.9. The second kappa shape index (κ2) is 15.8. The molecule has 74 heavy (non-hydrogen) atoms. The first-order valence-electron chi connectivity index (χ1n) is 25.3. The molecular formula is C70H40N4. The number of benzene rings is 13. The van der Waals surface area contributed by atoms with Crippen LogP contribution in [-0.4, -0.2) is 19.9 Å². The minimum absolute atomic E-state index is 0.664. The first kappa shape index (κ1) is 40.8. The summed E-state index contributed by atoms with van der Waals surface area (Å²) in [6, 6.07) is 84.0. The van der Waals surface area contributed by atoms with Gasteiger partial charge in [0.1, 0.15) is 0 Å². The molecule has 0 aliphatic heterocycles. The van der Waals surface area contributed by atoms with E-state index in [9.17, 15) is 0 Å². The lowest BCUT2D eigenvalue weighted by molar-refractivity contribution is 1.23. The van der Waals surface area contributed by atoms with Crippen LogP contribution in [0.4, 0.5) is 0 Å². The van der Waals surface area contributed by atoms with Crippen LogP contribution >= 0.6 is 0 Å². The molecule has 0 fully saturated rings. The molecule has 4 heteroatoms. The van der Waals surface area contributed by atoms with Gasteiger partial charge in [0.05, 0.1) is 22.2 Å². The normalized spacial score (nSPS) is 12.1. The number of nitrogens with zero attached hydrogens (tertiary/aromatic N) is 4. The number of rotatable bonds is 6. The molecule has 16 rings (SSSR count). The standard InChI is InChI=1S/C70H40N4/c1-3-13-62-56(11-1)53(35-37-71-62)41-15-23-49(24-16-41)68-61-40-51(52-31-27-47-21-19-43-7-5-9-45-29-33-58(52)66(47)64(43)45)39-60(55-32-28-48-22-20-44-8-6-10-46-30-34-59(55)67(48)65(44)46)69(61)74-70(73-68)50-25-17-42(18-26-50)54-36-38-72-63-14-4-2-12-57(54)63/h1-40H. The summed E-state index contributed by atoms with van der Waals surface area (Å²) < 4.78 is 0. The Balaban J connectivity index is 0.985. The molecule has 0 bridgehead atoms. The molecule has 0 aliphatic carbocycles. The second-order valence-electron chi connectivity index (χ2n) is 19.7. The van der Waals surface area contributed by atoms with Crippen LogP contribution in [0.1, 0.15) is 0 Å². The number of hydrogen-bond donors (Lipinski definition) is 0. The molecule has 0 saturated carbocycles. The van der Waals surface area contributed by atoms with Crippen LogP contribution < -0.4 is 0 Å². The molecule has 0 saturated heterocycles. The van der Waals surface area contributed by atoms with E-state index in [0.29, 0.717) is 5.82 Å². The average molecular weight is 937 g/mol. The average Bonchev–Trinajstić information content (AvgIpc) is 3.47. The van der Waals surface area contributed by atoms with Crippen LogP contribution in [0.5, 0.6) is 0 Å². The van der Waals surface area contributed by atoms with Crippen molar-refractivity contribution in [2.75, 3.05) is 0 Å². The maximum Gasteiger partial charge on any atom is 0.160 e. The van der Waals surface area contributed by atoms with Crippen molar-refractivity contribution in [3.63, 3.8) is 0 Å². The fraction of sp³-hybridized carbons (Fsp3) is 0. The maximum absolute atomic E-state index is 5.70. The molecule has 0 unspecified atom stereocenters. The third-order valence-electron chi connectivity index (χ3n) is 15.7. The lowest BCUT2D eigenvalue weighted by Crippen LogP contribution is -1.99. The molecule has 0 spiro atoms. The molecule has 16 aromatic rings. The van der Waals surface area contributed by atoms with Crippen molar-refractivity contribution in [1.82, 2.24) is 19.9 Å². The van der Waals surface area contributed by atoms with Gasteiger partial charge >= 0.3 is 0 Å². The molecule has 0 aliphatic rings. The highest BCUT2D eigenvalue weighted by molar-refractivity contribution is 6.28. The molecule has 4 nitrogen and oxygen atoms in total. The summed E-state index contributed by atoms with van der Waals surface area (Å²) in [4.78, 5) is 20.7. The molecular weight excluding hydrogens is 897 g/mol. The number of pyridine rings is 2. The number of fused-ring (bicyclic) bond motifs is 3. The fourth-order valence-corrected chi connectivity index (χ4v) is 12.2. The lowest BCUT2D eigenvalue weighted by Gasteiger charge is -2.19. The van der Waals surface area contributed by atoms with Crippen LogP contribution in [0.15, 0.2) is 243 Å². The Labute approximate surface area is 425 Å². The van der Waals surface area contributed by atoms with Crippen LogP contribution in [0.2, 0.25) is 0 Å². The van der Waals surface area contributed by atoms with E-state index in [1.165, 1.54) is 70.2 Å². The first-order chi connectivity index (χ1) is 36.7. The molecule has 3 heterocycles. The topological polar surface area (TPSA) is 51.6 Å². The highest BCUT2D eigenvalue weighted by Gasteiger charge is 2.22. The number of para-hydroxylation sites is 2. The predicted octanol–water partition coefficient (Wildman–Crippen LogP) is 18.5. The fourth-order valence-electron chi connectivity index (χ4n) is 12.2. The van der Waals surface area contributed by atoms with E-state index in [-0.39, 0.29) is 0 Å². The summed E-state index contributed by atoms with van der Waals surface area (Å²) in [6.45, 7) is 0. The summed E-state index contributed by atoms with van der Waals surface area (Å²) in [7, 11) is 0. The van der Waals surface area contributed by atoms with Gasteiger partial charge in [-0.2, -0.15) is 0 Å². The van der Waals surface area contributed by atoms with Crippen molar-refractivity contribution in [2.24, 2.45) is 0 Å². The first-order valence-corrected chi connectivity index (χ1v) is 25.3. The van der Waals surface area contributed by atoms with Crippen molar-refractivity contribution in [3.05, 3.63) is 243 Å². The van der Waals surface area contributed by atoms with Gasteiger partial charge in [0, 0.05) is 45.2 Å². The van der Waals surface area contributed by atoms with E-state index in [1.807, 2.05) is 24.5 Å². The van der Waals surface area contributed by atoms with E-state index in [1.54, 1.807) is 0 Å². The van der Waals surface area contributed by atoms with E-state index >= 15 is 0 Å². The number of hydrogen-bond acceptors (Lipinski definition) is 4. The van der Waals surface area contributed by atoms with E-state index in [4.69, 9.17) is 9.97 Å². The molecule has 0 radical (unpaired) electrons. The van der Waals surface area contributed by atoms with E-state index < -0.39 is 0 Å². The van der Waals surface area contributed by atoms with Crippen molar-refractivity contribution in [3.8, 4) is 67.2 Å². The van der Waals surface area contributed by atoms with Crippen LogP contribution in [0.3, 0.4) is 0 Å².